The number of halogens is 2. The summed E-state index contributed by atoms with van der Waals surface area (Å²) < 4.78 is 56.1. The summed E-state index contributed by atoms with van der Waals surface area (Å²) in [6, 6.07) is 9.10. The summed E-state index contributed by atoms with van der Waals surface area (Å²) in [4.78, 5) is 19.0. The molecule has 1 saturated heterocycles. The van der Waals surface area contributed by atoms with Crippen molar-refractivity contribution < 1.29 is 27.1 Å². The summed E-state index contributed by atoms with van der Waals surface area (Å²) in [6.07, 6.45) is 3.65. The van der Waals surface area contributed by atoms with Gasteiger partial charge in [-0.05, 0) is 87.6 Å². The molecule has 1 aliphatic rings. The summed E-state index contributed by atoms with van der Waals surface area (Å²) >= 11 is 0.836. The monoisotopic (exact) mass is 579 g/mol. The molecule has 1 aromatic heterocycles. The average molecular weight is 580 g/mol. The van der Waals surface area contributed by atoms with E-state index in [-0.39, 0.29) is 27.3 Å². The van der Waals surface area contributed by atoms with Gasteiger partial charge >= 0.3 is 0 Å². The molecule has 2 heterocycles. The first-order valence-corrected chi connectivity index (χ1v) is 14.9. The number of nitrogen functional groups attached to an aromatic ring is 1. The molecule has 0 aliphatic carbocycles. The first-order valence-electron chi connectivity index (χ1n) is 12.6. The van der Waals surface area contributed by atoms with E-state index in [0.717, 1.165) is 68.4 Å². The predicted molar refractivity (Wildman–Crippen MR) is 147 cm³/mol. The lowest BCUT2D eigenvalue weighted by Crippen LogP contribution is -2.36. The highest BCUT2D eigenvalue weighted by molar-refractivity contribution is 7.89. The van der Waals surface area contributed by atoms with Crippen molar-refractivity contribution in [1.82, 2.24) is 14.6 Å². The smallest absolute Gasteiger partial charge is 0.240 e. The minimum absolute atomic E-state index is 0.0995. The van der Waals surface area contributed by atoms with Crippen LogP contribution < -0.4 is 15.8 Å². The molecule has 5 N–H and O–H groups in total. The maximum atomic E-state index is 14.0. The number of carbonyl (C=O) groups excluding carboxylic acids is 1. The number of aliphatic hydroxyl groups excluding tert-OH is 1. The number of piperidine rings is 1. The van der Waals surface area contributed by atoms with E-state index in [1.165, 1.54) is 12.1 Å². The van der Waals surface area contributed by atoms with Crippen LogP contribution in [-0.2, 0) is 10.0 Å². The normalized spacial score (nSPS) is 14.9. The van der Waals surface area contributed by atoms with E-state index in [1.54, 1.807) is 12.1 Å². The van der Waals surface area contributed by atoms with E-state index < -0.39 is 33.0 Å². The number of hydrogen-bond donors (Lipinski definition) is 4. The minimum Gasteiger partial charge on any atom is -0.396 e. The Balaban J connectivity index is 1.30. The van der Waals surface area contributed by atoms with Crippen LogP contribution in [0.15, 0.2) is 47.4 Å². The number of thiazole rings is 1. The fraction of sp³-hybridized carbons (Fsp3) is 0.385. The van der Waals surface area contributed by atoms with Gasteiger partial charge in [-0.3, -0.25) is 4.79 Å². The zero-order valence-corrected chi connectivity index (χ0v) is 22.8. The number of nitrogens with two attached hydrogens (primary N) is 1. The van der Waals surface area contributed by atoms with Crippen LogP contribution >= 0.6 is 11.3 Å². The van der Waals surface area contributed by atoms with Crippen LogP contribution in [0.5, 0.6) is 0 Å². The summed E-state index contributed by atoms with van der Waals surface area (Å²) in [5.41, 5.74) is 5.62. The third-order valence-electron chi connectivity index (χ3n) is 6.65. The quantitative estimate of drug-likeness (QED) is 0.188. The van der Waals surface area contributed by atoms with Gasteiger partial charge in [0.1, 0.15) is 22.3 Å². The van der Waals surface area contributed by atoms with Crippen LogP contribution in [-0.4, -0.2) is 62.0 Å². The fourth-order valence-corrected chi connectivity index (χ4v) is 6.42. The standard InChI is InChI=1S/C26H31F2N5O4S2/c27-20-3-1-4-21(28)22(20)23(35)24-25(29)32-26(38-24)31-18-5-7-19(8-6-18)39(36,37)30-12-2-13-33-14-9-17(10-15-33)11-16-34/h1,3-8,17,30,34H,2,9-16,29H2,(H,31,32). The third-order valence-corrected chi connectivity index (χ3v) is 9.12. The lowest BCUT2D eigenvalue weighted by atomic mass is 9.94. The van der Waals surface area contributed by atoms with Crippen molar-refractivity contribution in [1.29, 1.82) is 0 Å². The number of aromatic nitrogens is 1. The van der Waals surface area contributed by atoms with Gasteiger partial charge in [0, 0.05) is 18.8 Å². The summed E-state index contributed by atoms with van der Waals surface area (Å²) in [7, 11) is -3.69. The fourth-order valence-electron chi connectivity index (χ4n) is 4.49. The van der Waals surface area contributed by atoms with E-state index in [2.05, 4.69) is 19.9 Å². The van der Waals surface area contributed by atoms with Crippen molar-refractivity contribution in [3.05, 3.63) is 64.5 Å². The molecule has 210 valence electrons. The molecule has 13 heteroatoms. The Labute approximate surface area is 230 Å². The van der Waals surface area contributed by atoms with Crippen LogP contribution in [0.25, 0.3) is 0 Å². The number of hydrogen-bond acceptors (Lipinski definition) is 9. The Hall–Kier alpha value is -2.97. The number of carbonyl (C=O) groups is 1. The van der Waals surface area contributed by atoms with Crippen molar-refractivity contribution in [2.24, 2.45) is 5.92 Å². The Morgan fingerprint density at radius 2 is 1.79 bits per heavy atom. The van der Waals surface area contributed by atoms with Gasteiger partial charge in [-0.25, -0.2) is 26.9 Å². The molecule has 1 fully saturated rings. The molecule has 0 saturated carbocycles. The Morgan fingerprint density at radius 3 is 2.44 bits per heavy atom. The maximum Gasteiger partial charge on any atom is 0.240 e. The predicted octanol–water partition coefficient (Wildman–Crippen LogP) is 3.74. The number of nitrogens with zero attached hydrogens (tertiary/aromatic N) is 2. The molecule has 3 aromatic rings. The molecule has 2 aromatic carbocycles. The molecule has 39 heavy (non-hydrogen) atoms. The second kappa shape index (κ2) is 12.9. The number of nitrogens with one attached hydrogen (secondary N) is 2. The molecule has 1 aliphatic heterocycles. The zero-order valence-electron chi connectivity index (χ0n) is 21.2. The maximum absolute atomic E-state index is 14.0. The van der Waals surface area contributed by atoms with Gasteiger partial charge in [0.2, 0.25) is 15.8 Å². The van der Waals surface area contributed by atoms with Crippen molar-refractivity contribution >= 4 is 43.8 Å². The van der Waals surface area contributed by atoms with Gasteiger partial charge in [0.25, 0.3) is 0 Å². The van der Waals surface area contributed by atoms with E-state index in [1.807, 2.05) is 0 Å². The van der Waals surface area contributed by atoms with Crippen LogP contribution in [0, 0.1) is 17.6 Å². The van der Waals surface area contributed by atoms with Crippen molar-refractivity contribution in [2.75, 3.05) is 43.8 Å². The summed E-state index contributed by atoms with van der Waals surface area (Å²) in [5.74, 6) is -2.50. The molecular formula is C26H31F2N5O4S2. The number of likely N-dealkylation sites (tertiary alicyclic amines) is 1. The second-order valence-electron chi connectivity index (χ2n) is 9.36. The topological polar surface area (TPSA) is 138 Å². The number of anilines is 3. The lowest BCUT2D eigenvalue weighted by Gasteiger charge is -2.31. The molecule has 0 bridgehead atoms. The highest BCUT2D eigenvalue weighted by Gasteiger charge is 2.24. The van der Waals surface area contributed by atoms with Crippen molar-refractivity contribution in [3.63, 3.8) is 0 Å². The number of sulfonamides is 1. The van der Waals surface area contributed by atoms with Gasteiger partial charge in [-0.15, -0.1) is 0 Å². The molecular weight excluding hydrogens is 548 g/mol. The van der Waals surface area contributed by atoms with E-state index in [4.69, 9.17) is 10.8 Å². The number of aliphatic hydroxyl groups is 1. The van der Waals surface area contributed by atoms with Crippen LogP contribution in [0.1, 0.15) is 40.9 Å². The highest BCUT2D eigenvalue weighted by Crippen LogP contribution is 2.31. The Bertz CT molecular complexity index is 1370. The van der Waals surface area contributed by atoms with Crippen LogP contribution in [0.2, 0.25) is 0 Å². The molecule has 4 rings (SSSR count). The molecule has 0 spiro atoms. The second-order valence-corrected chi connectivity index (χ2v) is 12.1. The molecule has 0 atom stereocenters. The number of rotatable bonds is 12. The minimum atomic E-state index is -3.69. The summed E-state index contributed by atoms with van der Waals surface area (Å²) in [5, 5.41) is 12.2. The Kier molecular flexibility index (Phi) is 9.62. The SMILES string of the molecule is Nc1nc(Nc2ccc(S(=O)(=O)NCCCN3CCC(CCO)CC3)cc2)sc1C(=O)c1c(F)cccc1F. The van der Waals surface area contributed by atoms with Gasteiger partial charge in [-0.2, -0.15) is 0 Å². The van der Waals surface area contributed by atoms with Gasteiger partial charge < -0.3 is 21.1 Å². The van der Waals surface area contributed by atoms with Gasteiger partial charge in [0.15, 0.2) is 5.13 Å². The van der Waals surface area contributed by atoms with Crippen LogP contribution in [0.3, 0.4) is 0 Å². The number of benzene rings is 2. The van der Waals surface area contributed by atoms with E-state index in [0.29, 0.717) is 24.6 Å². The Morgan fingerprint density at radius 1 is 1.13 bits per heavy atom. The first kappa shape index (κ1) is 29.0. The van der Waals surface area contributed by atoms with E-state index in [9.17, 15) is 22.0 Å². The van der Waals surface area contributed by atoms with Gasteiger partial charge in [0.05, 0.1) is 10.5 Å². The number of ketones is 1. The van der Waals surface area contributed by atoms with Gasteiger partial charge in [-0.1, -0.05) is 17.4 Å². The molecule has 0 amide bonds. The average Bonchev–Trinajstić information content (AvgIpc) is 3.27. The molecule has 0 unspecified atom stereocenters. The van der Waals surface area contributed by atoms with Crippen LogP contribution in [0.4, 0.5) is 25.4 Å². The van der Waals surface area contributed by atoms with E-state index >= 15 is 0 Å². The third kappa shape index (κ3) is 7.37. The molecule has 9 nitrogen and oxygen atoms in total. The van der Waals surface area contributed by atoms with Crippen molar-refractivity contribution in [3.8, 4) is 0 Å². The lowest BCUT2D eigenvalue weighted by molar-refractivity contribution is 0.103. The highest BCUT2D eigenvalue weighted by atomic mass is 32.2. The molecule has 0 radical (unpaired) electrons. The zero-order chi connectivity index (χ0) is 28.0. The summed E-state index contributed by atoms with van der Waals surface area (Å²) in [6.45, 7) is 3.28. The van der Waals surface area contributed by atoms with Crippen molar-refractivity contribution in [2.45, 2.75) is 30.6 Å². The first-order chi connectivity index (χ1) is 18.7. The largest absolute Gasteiger partial charge is 0.396 e.